The molecule has 1 fully saturated rings. The van der Waals surface area contributed by atoms with Crippen LogP contribution in [0.4, 0.5) is 0 Å². The topological polar surface area (TPSA) is 75.6 Å². The second kappa shape index (κ2) is 6.33. The number of aliphatic carboxylic acids is 1. The summed E-state index contributed by atoms with van der Waals surface area (Å²) in [5.41, 5.74) is 0.877. The van der Waals surface area contributed by atoms with Crippen LogP contribution in [0.1, 0.15) is 18.4 Å². The molecule has 0 saturated carbocycles. The summed E-state index contributed by atoms with van der Waals surface area (Å²) >= 11 is 0. The lowest BCUT2D eigenvalue weighted by Crippen LogP contribution is -2.46. The second-order valence-electron chi connectivity index (χ2n) is 4.59. The normalized spacial score (nSPS) is 19.9. The van der Waals surface area contributed by atoms with Crippen molar-refractivity contribution in [2.75, 3.05) is 6.61 Å². The van der Waals surface area contributed by atoms with Gasteiger partial charge in [-0.15, -0.1) is 0 Å². The molecule has 0 spiro atoms. The van der Waals surface area contributed by atoms with Crippen molar-refractivity contribution in [1.82, 2.24) is 5.32 Å². The van der Waals surface area contributed by atoms with Gasteiger partial charge in [-0.25, -0.2) is 4.79 Å². The smallest absolute Gasteiger partial charge is 0.326 e. The number of carboxylic acid groups (broad SMARTS) is 1. The molecule has 1 heterocycles. The molecular formula is C14H17NO4. The molecule has 2 N–H and O–H groups in total. The van der Waals surface area contributed by atoms with Gasteiger partial charge in [0.15, 0.2) is 0 Å². The van der Waals surface area contributed by atoms with E-state index in [-0.39, 0.29) is 12.3 Å². The van der Waals surface area contributed by atoms with Gasteiger partial charge in [0.1, 0.15) is 12.1 Å². The summed E-state index contributed by atoms with van der Waals surface area (Å²) in [5, 5.41) is 11.7. The Morgan fingerprint density at radius 1 is 1.37 bits per heavy atom. The Hall–Kier alpha value is -1.88. The van der Waals surface area contributed by atoms with Crippen LogP contribution in [-0.2, 0) is 20.7 Å². The molecule has 1 saturated heterocycles. The number of carbonyl (C=O) groups is 2. The Balaban J connectivity index is 1.96. The molecule has 1 aliphatic heterocycles. The van der Waals surface area contributed by atoms with E-state index in [1.807, 2.05) is 30.3 Å². The maximum Gasteiger partial charge on any atom is 0.326 e. The first-order valence-corrected chi connectivity index (χ1v) is 6.35. The average molecular weight is 263 g/mol. The van der Waals surface area contributed by atoms with Crippen molar-refractivity contribution in [3.8, 4) is 0 Å². The minimum atomic E-state index is -1.03. The first-order chi connectivity index (χ1) is 9.16. The van der Waals surface area contributed by atoms with Gasteiger partial charge in [-0.2, -0.15) is 0 Å². The number of carboxylic acids is 1. The van der Waals surface area contributed by atoms with Crippen molar-refractivity contribution < 1.29 is 19.4 Å². The maximum absolute atomic E-state index is 11.9. The monoisotopic (exact) mass is 263 g/mol. The van der Waals surface area contributed by atoms with Crippen LogP contribution in [-0.4, -0.2) is 35.7 Å². The summed E-state index contributed by atoms with van der Waals surface area (Å²) in [6, 6.07) is 8.32. The molecule has 1 amide bonds. The quantitative estimate of drug-likeness (QED) is 0.830. The molecular weight excluding hydrogens is 246 g/mol. The molecule has 1 aromatic carbocycles. The van der Waals surface area contributed by atoms with Crippen molar-refractivity contribution in [3.05, 3.63) is 35.9 Å². The highest BCUT2D eigenvalue weighted by Gasteiger charge is 2.28. The Morgan fingerprint density at radius 2 is 2.11 bits per heavy atom. The van der Waals surface area contributed by atoms with E-state index in [1.54, 1.807) is 0 Å². The van der Waals surface area contributed by atoms with Gasteiger partial charge in [-0.3, -0.25) is 4.79 Å². The molecule has 0 aliphatic carbocycles. The van der Waals surface area contributed by atoms with Gasteiger partial charge in [0.2, 0.25) is 5.91 Å². The highest BCUT2D eigenvalue weighted by Crippen LogP contribution is 2.12. The highest BCUT2D eigenvalue weighted by molar-refractivity contribution is 5.86. The van der Waals surface area contributed by atoms with Crippen molar-refractivity contribution in [2.45, 2.75) is 31.4 Å². The van der Waals surface area contributed by atoms with E-state index in [0.717, 1.165) is 12.0 Å². The highest BCUT2D eigenvalue weighted by atomic mass is 16.5. The lowest BCUT2D eigenvalue weighted by Gasteiger charge is -2.17. The van der Waals surface area contributed by atoms with E-state index >= 15 is 0 Å². The third kappa shape index (κ3) is 3.79. The number of hydrogen-bond acceptors (Lipinski definition) is 3. The number of benzene rings is 1. The molecule has 102 valence electrons. The van der Waals surface area contributed by atoms with E-state index in [2.05, 4.69) is 5.32 Å². The second-order valence-corrected chi connectivity index (χ2v) is 4.59. The zero-order valence-electron chi connectivity index (χ0n) is 10.5. The Kier molecular flexibility index (Phi) is 4.52. The minimum absolute atomic E-state index is 0.272. The molecule has 5 nitrogen and oxygen atoms in total. The molecule has 19 heavy (non-hydrogen) atoms. The number of rotatable bonds is 5. The number of nitrogens with one attached hydrogen (secondary N) is 1. The van der Waals surface area contributed by atoms with Crippen molar-refractivity contribution in [1.29, 1.82) is 0 Å². The Labute approximate surface area is 111 Å². The summed E-state index contributed by atoms with van der Waals surface area (Å²) < 4.78 is 5.24. The van der Waals surface area contributed by atoms with Crippen molar-refractivity contribution >= 4 is 11.9 Å². The number of hydrogen-bond donors (Lipinski definition) is 2. The van der Waals surface area contributed by atoms with Crippen LogP contribution in [0.2, 0.25) is 0 Å². The zero-order chi connectivity index (χ0) is 13.7. The molecule has 0 bridgehead atoms. The molecule has 2 atom stereocenters. The van der Waals surface area contributed by atoms with Gasteiger partial charge in [-0.1, -0.05) is 30.3 Å². The van der Waals surface area contributed by atoms with E-state index in [4.69, 9.17) is 4.74 Å². The first kappa shape index (κ1) is 13.5. The summed E-state index contributed by atoms with van der Waals surface area (Å²) in [6.45, 7) is 0.564. The summed E-state index contributed by atoms with van der Waals surface area (Å²) in [4.78, 5) is 23.0. The van der Waals surface area contributed by atoms with Crippen molar-refractivity contribution in [3.63, 3.8) is 0 Å². The SMILES string of the molecule is O=C(N[C@H](Cc1ccccc1)C(=O)O)[C@@H]1CCCO1. The summed E-state index contributed by atoms with van der Waals surface area (Å²) in [5.74, 6) is -1.36. The fraction of sp³-hybridized carbons (Fsp3) is 0.429. The maximum atomic E-state index is 11.9. The van der Waals surface area contributed by atoms with Gasteiger partial charge < -0.3 is 15.2 Å². The predicted molar refractivity (Wildman–Crippen MR) is 68.7 cm³/mol. The Bertz CT molecular complexity index is 440. The molecule has 2 rings (SSSR count). The van der Waals surface area contributed by atoms with E-state index in [9.17, 15) is 14.7 Å². The summed E-state index contributed by atoms with van der Waals surface area (Å²) in [7, 11) is 0. The van der Waals surface area contributed by atoms with E-state index in [0.29, 0.717) is 13.0 Å². The van der Waals surface area contributed by atoms with Gasteiger partial charge >= 0.3 is 5.97 Å². The van der Waals surface area contributed by atoms with Crippen LogP contribution in [0.25, 0.3) is 0 Å². The van der Waals surface area contributed by atoms with Gasteiger partial charge in [0.05, 0.1) is 0 Å². The van der Waals surface area contributed by atoms with Crippen LogP contribution in [0.15, 0.2) is 30.3 Å². The third-order valence-electron chi connectivity index (χ3n) is 3.12. The van der Waals surface area contributed by atoms with Gasteiger partial charge in [0, 0.05) is 13.0 Å². The van der Waals surface area contributed by atoms with E-state index in [1.165, 1.54) is 0 Å². The largest absolute Gasteiger partial charge is 0.480 e. The zero-order valence-corrected chi connectivity index (χ0v) is 10.5. The fourth-order valence-corrected chi connectivity index (χ4v) is 2.10. The van der Waals surface area contributed by atoms with Crippen LogP contribution in [0.5, 0.6) is 0 Å². The molecule has 0 radical (unpaired) electrons. The number of amides is 1. The molecule has 1 aromatic rings. The Morgan fingerprint density at radius 3 is 2.68 bits per heavy atom. The fourth-order valence-electron chi connectivity index (χ4n) is 2.10. The van der Waals surface area contributed by atoms with Crippen LogP contribution in [0.3, 0.4) is 0 Å². The van der Waals surface area contributed by atoms with Gasteiger partial charge in [-0.05, 0) is 18.4 Å². The minimum Gasteiger partial charge on any atom is -0.480 e. The van der Waals surface area contributed by atoms with Crippen molar-refractivity contribution in [2.24, 2.45) is 0 Å². The molecule has 5 heteroatoms. The number of ether oxygens (including phenoxy) is 1. The first-order valence-electron chi connectivity index (χ1n) is 6.35. The summed E-state index contributed by atoms with van der Waals surface area (Å²) in [6.07, 6.45) is 1.27. The third-order valence-corrected chi connectivity index (χ3v) is 3.12. The molecule has 0 unspecified atom stereocenters. The average Bonchev–Trinajstić information content (AvgIpc) is 2.93. The van der Waals surface area contributed by atoms with Gasteiger partial charge in [0.25, 0.3) is 0 Å². The van der Waals surface area contributed by atoms with Crippen LogP contribution in [0, 0.1) is 0 Å². The van der Waals surface area contributed by atoms with Crippen LogP contribution >= 0.6 is 0 Å². The molecule has 0 aromatic heterocycles. The predicted octanol–water partition coefficient (Wildman–Crippen LogP) is 0.977. The molecule has 1 aliphatic rings. The lowest BCUT2D eigenvalue weighted by atomic mass is 10.1. The van der Waals surface area contributed by atoms with E-state index < -0.39 is 18.1 Å². The number of carbonyl (C=O) groups excluding carboxylic acids is 1. The lowest BCUT2D eigenvalue weighted by molar-refractivity contribution is -0.143. The standard InChI is InChI=1S/C14H17NO4/c16-13(12-7-4-8-19-12)15-11(14(17)18)9-10-5-2-1-3-6-10/h1-3,5-6,11-12H,4,7-9H2,(H,15,16)(H,17,18)/t11-,12+/m1/s1. The van der Waals surface area contributed by atoms with Crippen LogP contribution < -0.4 is 5.32 Å².